The third kappa shape index (κ3) is 3.26. The van der Waals surface area contributed by atoms with Crippen LogP contribution in [0.2, 0.25) is 0 Å². The van der Waals surface area contributed by atoms with E-state index in [9.17, 15) is 0 Å². The van der Waals surface area contributed by atoms with Crippen LogP contribution in [0.25, 0.3) is 33.0 Å². The highest BCUT2D eigenvalue weighted by atomic mass is 127. The van der Waals surface area contributed by atoms with Crippen molar-refractivity contribution in [3.8, 4) is 22.3 Å². The molecule has 1 aliphatic carbocycles. The van der Waals surface area contributed by atoms with E-state index in [0.717, 1.165) is 0 Å². The van der Waals surface area contributed by atoms with Crippen molar-refractivity contribution >= 4 is 34.7 Å². The second-order valence-corrected chi connectivity index (χ2v) is 9.31. The number of hydrogen-bond acceptors (Lipinski definition) is 0. The van der Waals surface area contributed by atoms with Crippen molar-refractivity contribution in [1.29, 1.82) is 0 Å². The Morgan fingerprint density at radius 3 is 1.69 bits per heavy atom. The minimum atomic E-state index is -0.366. The maximum atomic E-state index is 2.44. The molecule has 1 heteroatoms. The van der Waals surface area contributed by atoms with E-state index in [1.165, 1.54) is 55.3 Å². The van der Waals surface area contributed by atoms with Crippen molar-refractivity contribution < 1.29 is 0 Å². The molecule has 0 saturated carbocycles. The van der Waals surface area contributed by atoms with Crippen LogP contribution in [0.4, 0.5) is 0 Å². The molecule has 0 fully saturated rings. The molecule has 7 rings (SSSR count). The molecule has 0 unspecified atom stereocenters. The van der Waals surface area contributed by atoms with Crippen LogP contribution in [0.5, 0.6) is 0 Å². The molecule has 0 nitrogen and oxygen atoms in total. The standard InChI is InChI=1S/C35H24.HI/c1-3-14-27(15-4-1)35(28-16-5-2-6-17-28)33-21-10-9-19-31(33)32-23-22-26(24-34(32)35)30-20-11-13-25-12-7-8-18-29(25)30;/h1-24H;1H. The van der Waals surface area contributed by atoms with Crippen LogP contribution in [-0.4, -0.2) is 0 Å². The molecule has 0 amide bonds. The molecule has 0 aromatic heterocycles. The van der Waals surface area contributed by atoms with Gasteiger partial charge in [0, 0.05) is 0 Å². The first-order chi connectivity index (χ1) is 17.4. The van der Waals surface area contributed by atoms with Gasteiger partial charge < -0.3 is 0 Å². The Labute approximate surface area is 229 Å². The molecule has 6 aromatic carbocycles. The fourth-order valence-electron chi connectivity index (χ4n) is 6.09. The first-order valence-electron chi connectivity index (χ1n) is 12.2. The van der Waals surface area contributed by atoms with E-state index in [0.29, 0.717) is 0 Å². The van der Waals surface area contributed by atoms with Crippen LogP contribution >= 0.6 is 24.0 Å². The monoisotopic (exact) mass is 572 g/mol. The SMILES string of the molecule is I.c1ccc(C2(c3ccccc3)c3ccccc3-c3ccc(-c4cccc5ccccc45)cc32)cc1. The summed E-state index contributed by atoms with van der Waals surface area (Å²) in [6, 6.07) is 53.3. The molecular formula is C35H25I. The molecule has 0 N–H and O–H groups in total. The van der Waals surface area contributed by atoms with Crippen molar-refractivity contribution in [1.82, 2.24) is 0 Å². The number of halogens is 1. The molecule has 6 aromatic rings. The third-order valence-corrected chi connectivity index (χ3v) is 7.56. The van der Waals surface area contributed by atoms with Gasteiger partial charge in [-0.3, -0.25) is 0 Å². The largest absolute Gasteiger partial charge is 0.107 e. The van der Waals surface area contributed by atoms with E-state index in [1.54, 1.807) is 0 Å². The Kier molecular flexibility index (Phi) is 5.73. The van der Waals surface area contributed by atoms with E-state index in [1.807, 2.05) is 0 Å². The lowest BCUT2D eigenvalue weighted by molar-refractivity contribution is 0.769. The highest BCUT2D eigenvalue weighted by Crippen LogP contribution is 2.56. The lowest BCUT2D eigenvalue weighted by Gasteiger charge is -2.34. The Morgan fingerprint density at radius 1 is 0.389 bits per heavy atom. The van der Waals surface area contributed by atoms with Gasteiger partial charge in [0.2, 0.25) is 0 Å². The minimum absolute atomic E-state index is 0. The zero-order valence-electron chi connectivity index (χ0n) is 19.8. The van der Waals surface area contributed by atoms with Crippen molar-refractivity contribution in [2.75, 3.05) is 0 Å². The fraction of sp³-hybridized carbons (Fsp3) is 0.0286. The Bertz CT molecular complexity index is 1640. The summed E-state index contributed by atoms with van der Waals surface area (Å²) in [5, 5.41) is 2.56. The van der Waals surface area contributed by atoms with Gasteiger partial charge in [-0.15, -0.1) is 24.0 Å². The zero-order chi connectivity index (χ0) is 23.2. The maximum Gasteiger partial charge on any atom is 0.0713 e. The molecule has 36 heavy (non-hydrogen) atoms. The normalized spacial score (nSPS) is 13.0. The predicted molar refractivity (Wildman–Crippen MR) is 162 cm³/mol. The molecule has 0 heterocycles. The van der Waals surface area contributed by atoms with E-state index in [-0.39, 0.29) is 29.4 Å². The molecular weight excluding hydrogens is 547 g/mol. The summed E-state index contributed by atoms with van der Waals surface area (Å²) in [6.45, 7) is 0. The van der Waals surface area contributed by atoms with Gasteiger partial charge in [-0.25, -0.2) is 0 Å². The Balaban J connectivity index is 0.00000240. The second-order valence-electron chi connectivity index (χ2n) is 9.31. The summed E-state index contributed by atoms with van der Waals surface area (Å²) in [7, 11) is 0. The smallest absolute Gasteiger partial charge is 0.0713 e. The molecule has 0 spiro atoms. The molecule has 1 aliphatic rings. The van der Waals surface area contributed by atoms with E-state index < -0.39 is 0 Å². The van der Waals surface area contributed by atoms with Crippen LogP contribution in [-0.2, 0) is 5.41 Å². The summed E-state index contributed by atoms with van der Waals surface area (Å²) in [5.74, 6) is 0. The number of rotatable bonds is 3. The number of hydrogen-bond donors (Lipinski definition) is 0. The van der Waals surface area contributed by atoms with Gasteiger partial charge >= 0.3 is 0 Å². The second kappa shape index (κ2) is 9.07. The highest BCUT2D eigenvalue weighted by Gasteiger charge is 2.45. The van der Waals surface area contributed by atoms with Gasteiger partial charge in [-0.1, -0.05) is 140 Å². The average Bonchev–Trinajstić information content (AvgIpc) is 3.24. The molecule has 0 atom stereocenters. The quantitative estimate of drug-likeness (QED) is 0.185. The topological polar surface area (TPSA) is 0 Å². The van der Waals surface area contributed by atoms with Crippen molar-refractivity contribution in [3.63, 3.8) is 0 Å². The minimum Gasteiger partial charge on any atom is -0.107 e. The first kappa shape index (κ1) is 22.8. The van der Waals surface area contributed by atoms with Gasteiger partial charge in [-0.2, -0.15) is 0 Å². The molecule has 0 radical (unpaired) electrons. The highest BCUT2D eigenvalue weighted by molar-refractivity contribution is 14.0. The molecule has 0 aliphatic heterocycles. The summed E-state index contributed by atoms with van der Waals surface area (Å²) < 4.78 is 0. The lowest BCUT2D eigenvalue weighted by Crippen LogP contribution is -2.28. The van der Waals surface area contributed by atoms with Crippen LogP contribution in [0.1, 0.15) is 22.3 Å². The van der Waals surface area contributed by atoms with Crippen molar-refractivity contribution in [2.24, 2.45) is 0 Å². The average molecular weight is 572 g/mol. The Hall–Kier alpha value is -3.69. The number of fused-ring (bicyclic) bond motifs is 4. The van der Waals surface area contributed by atoms with E-state index in [2.05, 4.69) is 146 Å². The van der Waals surface area contributed by atoms with Crippen molar-refractivity contribution in [3.05, 3.63) is 168 Å². The van der Waals surface area contributed by atoms with Gasteiger partial charge in [0.05, 0.1) is 5.41 Å². The molecule has 0 saturated heterocycles. The Morgan fingerprint density at radius 2 is 0.944 bits per heavy atom. The zero-order valence-corrected chi connectivity index (χ0v) is 22.1. The fourth-order valence-corrected chi connectivity index (χ4v) is 6.09. The summed E-state index contributed by atoms with van der Waals surface area (Å²) in [6.07, 6.45) is 0. The summed E-state index contributed by atoms with van der Waals surface area (Å²) in [4.78, 5) is 0. The molecule has 0 bridgehead atoms. The van der Waals surface area contributed by atoms with E-state index in [4.69, 9.17) is 0 Å². The first-order valence-corrected chi connectivity index (χ1v) is 12.2. The number of benzene rings is 6. The summed E-state index contributed by atoms with van der Waals surface area (Å²) >= 11 is 0. The van der Waals surface area contributed by atoms with Crippen molar-refractivity contribution in [2.45, 2.75) is 5.41 Å². The van der Waals surface area contributed by atoms with Gasteiger partial charge in [0.25, 0.3) is 0 Å². The van der Waals surface area contributed by atoms with Gasteiger partial charge in [-0.05, 0) is 61.3 Å². The van der Waals surface area contributed by atoms with Crippen LogP contribution < -0.4 is 0 Å². The van der Waals surface area contributed by atoms with Gasteiger partial charge in [0.1, 0.15) is 0 Å². The van der Waals surface area contributed by atoms with Gasteiger partial charge in [0.15, 0.2) is 0 Å². The maximum absolute atomic E-state index is 2.44. The van der Waals surface area contributed by atoms with Crippen LogP contribution in [0, 0.1) is 0 Å². The van der Waals surface area contributed by atoms with E-state index >= 15 is 0 Å². The third-order valence-electron chi connectivity index (χ3n) is 7.56. The van der Waals surface area contributed by atoms with Crippen LogP contribution in [0.15, 0.2) is 146 Å². The lowest BCUT2D eigenvalue weighted by atomic mass is 9.67. The molecule has 172 valence electrons. The summed E-state index contributed by atoms with van der Waals surface area (Å²) in [5.41, 5.74) is 10.1. The van der Waals surface area contributed by atoms with Crippen LogP contribution in [0.3, 0.4) is 0 Å². The predicted octanol–water partition coefficient (Wildman–Crippen LogP) is 9.49.